The van der Waals surface area contributed by atoms with Gasteiger partial charge >= 0.3 is 0 Å². The van der Waals surface area contributed by atoms with Gasteiger partial charge in [0.1, 0.15) is 23.5 Å². The number of benzene rings is 1. The van der Waals surface area contributed by atoms with E-state index < -0.39 is 5.91 Å². The Bertz CT molecular complexity index is 1080. The molecular weight excluding hydrogens is 368 g/mol. The number of hydrogen-bond acceptors (Lipinski definition) is 5. The van der Waals surface area contributed by atoms with E-state index >= 15 is 0 Å². The number of nitrogens with one attached hydrogen (secondary N) is 1. The highest BCUT2D eigenvalue weighted by Gasteiger charge is 2.20. The molecule has 0 aliphatic carbocycles. The summed E-state index contributed by atoms with van der Waals surface area (Å²) >= 11 is 0. The molecule has 0 atom stereocenters. The first-order valence-corrected chi connectivity index (χ1v) is 9.78. The second-order valence-corrected chi connectivity index (χ2v) is 7.20. The number of piperidine rings is 1. The predicted octanol–water partition coefficient (Wildman–Crippen LogP) is 2.52. The van der Waals surface area contributed by atoms with Crippen LogP contribution in [0.4, 0.5) is 11.5 Å². The Morgan fingerprint density at radius 1 is 1.07 bits per heavy atom. The van der Waals surface area contributed by atoms with E-state index in [1.165, 1.54) is 17.4 Å². The Morgan fingerprint density at radius 3 is 2.52 bits per heavy atom. The van der Waals surface area contributed by atoms with Crippen molar-refractivity contribution in [1.29, 1.82) is 0 Å². The first-order chi connectivity index (χ1) is 14.1. The molecule has 0 radical (unpaired) electrons. The van der Waals surface area contributed by atoms with E-state index in [1.807, 2.05) is 30.3 Å². The molecule has 1 aliphatic heterocycles. The van der Waals surface area contributed by atoms with Gasteiger partial charge in [-0.3, -0.25) is 14.3 Å². The van der Waals surface area contributed by atoms with Crippen molar-refractivity contribution < 1.29 is 4.79 Å². The molecule has 0 spiro atoms. The van der Waals surface area contributed by atoms with Crippen LogP contribution in [0.2, 0.25) is 0 Å². The average molecular weight is 392 g/mol. The fourth-order valence-electron chi connectivity index (χ4n) is 3.66. The van der Waals surface area contributed by atoms with Gasteiger partial charge in [-0.15, -0.1) is 0 Å². The predicted molar refractivity (Wildman–Crippen MR) is 112 cm³/mol. The van der Waals surface area contributed by atoms with Crippen molar-refractivity contribution in [1.82, 2.24) is 19.3 Å². The van der Waals surface area contributed by atoms with Gasteiger partial charge in [-0.1, -0.05) is 18.2 Å². The molecular formula is C21H24N6O2. The van der Waals surface area contributed by atoms with E-state index in [0.717, 1.165) is 37.4 Å². The van der Waals surface area contributed by atoms with Crippen LogP contribution in [0.1, 0.15) is 35.4 Å². The van der Waals surface area contributed by atoms with Crippen LogP contribution in [0.3, 0.4) is 0 Å². The zero-order chi connectivity index (χ0) is 20.4. The molecule has 2 aromatic heterocycles. The summed E-state index contributed by atoms with van der Waals surface area (Å²) in [5, 5.41) is 2.75. The summed E-state index contributed by atoms with van der Waals surface area (Å²) in [7, 11) is 1.79. The molecule has 150 valence electrons. The molecule has 1 fully saturated rings. The maximum absolute atomic E-state index is 13.0. The molecule has 1 aromatic carbocycles. The van der Waals surface area contributed by atoms with Crippen LogP contribution >= 0.6 is 0 Å². The second kappa shape index (κ2) is 7.90. The number of carbonyl (C=O) groups is 1. The minimum atomic E-state index is -0.420. The molecule has 0 bridgehead atoms. The Kier molecular flexibility index (Phi) is 5.16. The number of nitrogens with zero attached hydrogens (tertiary/aromatic N) is 5. The van der Waals surface area contributed by atoms with Crippen LogP contribution in [0.5, 0.6) is 0 Å². The van der Waals surface area contributed by atoms with Crippen LogP contribution in [-0.4, -0.2) is 38.3 Å². The summed E-state index contributed by atoms with van der Waals surface area (Å²) < 4.78 is 3.26. The number of amides is 1. The van der Waals surface area contributed by atoms with Gasteiger partial charge in [0.25, 0.3) is 11.5 Å². The lowest BCUT2D eigenvalue weighted by atomic mass is 10.1. The number of rotatable bonds is 4. The lowest BCUT2D eigenvalue weighted by Gasteiger charge is -2.27. The van der Waals surface area contributed by atoms with Crippen molar-refractivity contribution in [2.24, 2.45) is 7.05 Å². The Hall–Kier alpha value is -3.42. The van der Waals surface area contributed by atoms with Crippen molar-refractivity contribution in [3.63, 3.8) is 0 Å². The summed E-state index contributed by atoms with van der Waals surface area (Å²) in [4.78, 5) is 36.4. The van der Waals surface area contributed by atoms with E-state index in [-0.39, 0.29) is 16.9 Å². The van der Waals surface area contributed by atoms with Crippen molar-refractivity contribution in [2.75, 3.05) is 23.3 Å². The lowest BCUT2D eigenvalue weighted by molar-refractivity contribution is 0.102. The zero-order valence-corrected chi connectivity index (χ0v) is 16.6. The Balaban J connectivity index is 1.62. The number of aromatic nitrogens is 4. The molecule has 3 heterocycles. The standard InChI is InChI=1S/C21H24N6O2/c1-15-19(21(29)27(25(15)2)16-9-5-3-6-10-16)24-20(28)17-13-18(23-14-22-17)26-11-7-4-8-12-26/h3,5-6,9-10,13-14H,4,7-8,11-12H2,1-2H3,(H,24,28). The Morgan fingerprint density at radius 2 is 1.79 bits per heavy atom. The topological polar surface area (TPSA) is 85.1 Å². The molecule has 0 unspecified atom stereocenters. The fourth-order valence-corrected chi connectivity index (χ4v) is 3.66. The van der Waals surface area contributed by atoms with E-state index in [4.69, 9.17) is 0 Å². The quantitative estimate of drug-likeness (QED) is 0.737. The van der Waals surface area contributed by atoms with Crippen molar-refractivity contribution in [2.45, 2.75) is 26.2 Å². The fraction of sp³-hybridized carbons (Fsp3) is 0.333. The summed E-state index contributed by atoms with van der Waals surface area (Å²) in [5.41, 5.74) is 1.61. The SMILES string of the molecule is Cc1c(NC(=O)c2cc(N3CCCCC3)ncn2)c(=O)n(-c2ccccc2)n1C. The van der Waals surface area contributed by atoms with Gasteiger partial charge < -0.3 is 10.2 Å². The normalized spacial score (nSPS) is 14.1. The summed E-state index contributed by atoms with van der Waals surface area (Å²) in [6.07, 6.45) is 4.86. The van der Waals surface area contributed by atoms with Crippen molar-refractivity contribution >= 4 is 17.4 Å². The van der Waals surface area contributed by atoms with E-state index in [0.29, 0.717) is 5.69 Å². The summed E-state index contributed by atoms with van der Waals surface area (Å²) in [5.74, 6) is 0.327. The number of anilines is 2. The summed E-state index contributed by atoms with van der Waals surface area (Å²) in [6.45, 7) is 3.66. The highest BCUT2D eigenvalue weighted by atomic mass is 16.2. The molecule has 1 saturated heterocycles. The maximum Gasteiger partial charge on any atom is 0.295 e. The molecule has 3 aromatic rings. The third kappa shape index (κ3) is 3.65. The van der Waals surface area contributed by atoms with E-state index in [1.54, 1.807) is 24.7 Å². The van der Waals surface area contributed by atoms with Gasteiger partial charge in [-0.05, 0) is 38.3 Å². The average Bonchev–Trinajstić information content (AvgIpc) is 2.98. The van der Waals surface area contributed by atoms with Crippen LogP contribution in [0.25, 0.3) is 5.69 Å². The largest absolute Gasteiger partial charge is 0.357 e. The molecule has 0 saturated carbocycles. The third-order valence-corrected chi connectivity index (χ3v) is 5.36. The highest BCUT2D eigenvalue weighted by Crippen LogP contribution is 2.19. The molecule has 4 rings (SSSR count). The number of para-hydroxylation sites is 1. The summed E-state index contributed by atoms with van der Waals surface area (Å²) in [6, 6.07) is 11.0. The van der Waals surface area contributed by atoms with E-state index in [9.17, 15) is 9.59 Å². The highest BCUT2D eigenvalue weighted by molar-refractivity contribution is 6.03. The number of hydrogen-bond donors (Lipinski definition) is 1. The monoisotopic (exact) mass is 392 g/mol. The minimum absolute atomic E-state index is 0.245. The minimum Gasteiger partial charge on any atom is -0.357 e. The van der Waals surface area contributed by atoms with Gasteiger partial charge in [0.05, 0.1) is 11.4 Å². The zero-order valence-electron chi connectivity index (χ0n) is 16.6. The van der Waals surface area contributed by atoms with Crippen molar-refractivity contribution in [3.8, 4) is 5.69 Å². The molecule has 1 amide bonds. The Labute approximate surface area is 168 Å². The van der Waals surface area contributed by atoms with E-state index in [2.05, 4.69) is 20.2 Å². The van der Waals surface area contributed by atoms with Gasteiger partial charge in [-0.25, -0.2) is 14.6 Å². The first-order valence-electron chi connectivity index (χ1n) is 9.78. The lowest BCUT2D eigenvalue weighted by Crippen LogP contribution is -2.30. The van der Waals surface area contributed by atoms with Crippen LogP contribution in [0.15, 0.2) is 47.5 Å². The third-order valence-electron chi connectivity index (χ3n) is 5.36. The van der Waals surface area contributed by atoms with Gasteiger partial charge in [-0.2, -0.15) is 0 Å². The van der Waals surface area contributed by atoms with Crippen LogP contribution in [-0.2, 0) is 7.05 Å². The van der Waals surface area contributed by atoms with Crippen LogP contribution < -0.4 is 15.8 Å². The van der Waals surface area contributed by atoms with Gasteiger partial charge in [0, 0.05) is 26.2 Å². The molecule has 1 N–H and O–H groups in total. The second-order valence-electron chi connectivity index (χ2n) is 7.20. The maximum atomic E-state index is 13.0. The van der Waals surface area contributed by atoms with Crippen LogP contribution in [0, 0.1) is 6.92 Å². The molecule has 1 aliphatic rings. The smallest absolute Gasteiger partial charge is 0.295 e. The van der Waals surface area contributed by atoms with Gasteiger partial charge in [0.2, 0.25) is 0 Å². The molecule has 29 heavy (non-hydrogen) atoms. The van der Waals surface area contributed by atoms with Gasteiger partial charge in [0.15, 0.2) is 0 Å². The molecule has 8 heteroatoms. The van der Waals surface area contributed by atoms with Crippen molar-refractivity contribution in [3.05, 3.63) is 64.5 Å². The molecule has 8 nitrogen and oxygen atoms in total. The number of carbonyl (C=O) groups excluding carboxylic acids is 1. The first kappa shape index (κ1) is 18.9.